The van der Waals surface area contributed by atoms with E-state index in [-0.39, 0.29) is 11.6 Å². The predicted molar refractivity (Wildman–Crippen MR) is 95.9 cm³/mol. The Morgan fingerprint density at radius 3 is 2.32 bits per heavy atom. The molecule has 1 heterocycles. The van der Waals surface area contributed by atoms with Crippen molar-refractivity contribution in [3.05, 3.63) is 70.4 Å². The SMILES string of the molecule is Cc1cc(Nc2ccc(Cl)cc2C)nc(Nc2c(F)cccc2F)n1. The normalized spacial score (nSPS) is 10.6. The fourth-order valence-corrected chi connectivity index (χ4v) is 2.55. The molecule has 0 aliphatic heterocycles. The maximum atomic E-state index is 13.8. The van der Waals surface area contributed by atoms with Crippen LogP contribution in [0.3, 0.4) is 0 Å². The van der Waals surface area contributed by atoms with Crippen LogP contribution >= 0.6 is 11.6 Å². The smallest absolute Gasteiger partial charge is 0.229 e. The third kappa shape index (κ3) is 4.03. The Balaban J connectivity index is 1.90. The quantitative estimate of drug-likeness (QED) is 0.644. The van der Waals surface area contributed by atoms with E-state index in [1.54, 1.807) is 19.1 Å². The van der Waals surface area contributed by atoms with Crippen LogP contribution in [0.25, 0.3) is 0 Å². The van der Waals surface area contributed by atoms with E-state index < -0.39 is 11.6 Å². The summed E-state index contributed by atoms with van der Waals surface area (Å²) in [6, 6.07) is 10.8. The zero-order valence-corrected chi connectivity index (χ0v) is 14.3. The molecular formula is C18H15ClF2N4. The molecule has 0 aliphatic rings. The molecule has 0 radical (unpaired) electrons. The molecule has 0 unspecified atom stereocenters. The van der Waals surface area contributed by atoms with Crippen LogP contribution in [-0.4, -0.2) is 9.97 Å². The maximum Gasteiger partial charge on any atom is 0.229 e. The van der Waals surface area contributed by atoms with Gasteiger partial charge in [-0.15, -0.1) is 0 Å². The van der Waals surface area contributed by atoms with Gasteiger partial charge in [-0.2, -0.15) is 4.98 Å². The van der Waals surface area contributed by atoms with E-state index in [1.165, 1.54) is 6.07 Å². The second kappa shape index (κ2) is 7.03. The van der Waals surface area contributed by atoms with E-state index in [0.29, 0.717) is 16.5 Å². The van der Waals surface area contributed by atoms with Crippen molar-refractivity contribution in [1.29, 1.82) is 0 Å². The van der Waals surface area contributed by atoms with Crippen molar-refractivity contribution in [2.24, 2.45) is 0 Å². The minimum atomic E-state index is -0.715. The summed E-state index contributed by atoms with van der Waals surface area (Å²) in [7, 11) is 0. The first-order valence-corrected chi connectivity index (χ1v) is 7.90. The van der Waals surface area contributed by atoms with Gasteiger partial charge in [-0.3, -0.25) is 0 Å². The fraction of sp³-hybridized carbons (Fsp3) is 0.111. The van der Waals surface area contributed by atoms with Crippen molar-refractivity contribution >= 4 is 34.7 Å². The first-order chi connectivity index (χ1) is 11.9. The van der Waals surface area contributed by atoms with Gasteiger partial charge in [-0.25, -0.2) is 13.8 Å². The van der Waals surface area contributed by atoms with Crippen molar-refractivity contribution < 1.29 is 8.78 Å². The molecule has 0 atom stereocenters. The summed E-state index contributed by atoms with van der Waals surface area (Å²) in [5.74, 6) is -0.836. The first-order valence-electron chi connectivity index (χ1n) is 7.52. The van der Waals surface area contributed by atoms with Crippen LogP contribution in [0.4, 0.5) is 31.9 Å². The Morgan fingerprint density at radius 1 is 0.920 bits per heavy atom. The number of halogens is 3. The molecule has 25 heavy (non-hydrogen) atoms. The van der Waals surface area contributed by atoms with Crippen LogP contribution in [0, 0.1) is 25.5 Å². The lowest BCUT2D eigenvalue weighted by Crippen LogP contribution is -2.05. The highest BCUT2D eigenvalue weighted by Gasteiger charge is 2.11. The molecule has 2 N–H and O–H groups in total. The van der Waals surface area contributed by atoms with Gasteiger partial charge in [0.2, 0.25) is 5.95 Å². The summed E-state index contributed by atoms with van der Waals surface area (Å²) in [6.45, 7) is 3.68. The van der Waals surface area contributed by atoms with Crippen molar-refractivity contribution in [3.63, 3.8) is 0 Å². The number of aromatic nitrogens is 2. The van der Waals surface area contributed by atoms with Gasteiger partial charge in [-0.1, -0.05) is 17.7 Å². The van der Waals surface area contributed by atoms with Crippen molar-refractivity contribution in [3.8, 4) is 0 Å². The van der Waals surface area contributed by atoms with Gasteiger partial charge in [0.25, 0.3) is 0 Å². The Bertz CT molecular complexity index is 911. The standard InChI is InChI=1S/C18H15ClF2N4/c1-10-8-12(19)6-7-15(10)23-16-9-11(2)22-18(24-16)25-17-13(20)4-3-5-14(17)21/h3-9H,1-2H3,(H2,22,23,24,25). The predicted octanol–water partition coefficient (Wildman–Crippen LogP) is 5.51. The van der Waals surface area contributed by atoms with Gasteiger partial charge in [0.1, 0.15) is 23.1 Å². The van der Waals surface area contributed by atoms with E-state index >= 15 is 0 Å². The molecule has 0 saturated heterocycles. The van der Waals surface area contributed by atoms with Gasteiger partial charge in [0.05, 0.1) is 0 Å². The number of aryl methyl sites for hydroxylation is 2. The largest absolute Gasteiger partial charge is 0.340 e. The summed E-state index contributed by atoms with van der Waals surface area (Å²) in [5.41, 5.74) is 2.12. The van der Waals surface area contributed by atoms with Gasteiger partial charge >= 0.3 is 0 Å². The molecule has 2 aromatic carbocycles. The van der Waals surface area contributed by atoms with Crippen LogP contribution < -0.4 is 10.6 Å². The van der Waals surface area contributed by atoms with Crippen LogP contribution in [0.2, 0.25) is 5.02 Å². The Hall–Kier alpha value is -2.73. The summed E-state index contributed by atoms with van der Waals surface area (Å²) in [6.07, 6.45) is 0. The summed E-state index contributed by atoms with van der Waals surface area (Å²) in [5, 5.41) is 6.39. The number of benzene rings is 2. The summed E-state index contributed by atoms with van der Waals surface area (Å²) >= 11 is 5.96. The molecule has 0 fully saturated rings. The monoisotopic (exact) mass is 360 g/mol. The topological polar surface area (TPSA) is 49.8 Å². The molecule has 3 rings (SSSR count). The van der Waals surface area contributed by atoms with Crippen molar-refractivity contribution in [2.75, 3.05) is 10.6 Å². The summed E-state index contributed by atoms with van der Waals surface area (Å²) < 4.78 is 27.6. The van der Waals surface area contributed by atoms with E-state index in [4.69, 9.17) is 11.6 Å². The third-order valence-corrected chi connectivity index (χ3v) is 3.74. The number of hydrogen-bond acceptors (Lipinski definition) is 4. The zero-order chi connectivity index (χ0) is 18.0. The molecule has 0 saturated carbocycles. The highest BCUT2D eigenvalue weighted by molar-refractivity contribution is 6.30. The average Bonchev–Trinajstić information content (AvgIpc) is 2.53. The van der Waals surface area contributed by atoms with Crippen LogP contribution in [0.5, 0.6) is 0 Å². The van der Waals surface area contributed by atoms with Crippen LogP contribution in [0.15, 0.2) is 42.5 Å². The number of anilines is 4. The van der Waals surface area contributed by atoms with E-state index in [2.05, 4.69) is 20.6 Å². The highest BCUT2D eigenvalue weighted by Crippen LogP contribution is 2.25. The molecule has 3 aromatic rings. The van der Waals surface area contributed by atoms with Gasteiger partial charge < -0.3 is 10.6 Å². The molecule has 7 heteroatoms. The molecule has 1 aromatic heterocycles. The second-order valence-corrected chi connectivity index (χ2v) is 5.96. The van der Waals surface area contributed by atoms with Gasteiger partial charge in [-0.05, 0) is 49.7 Å². The molecule has 128 valence electrons. The van der Waals surface area contributed by atoms with E-state index in [0.717, 1.165) is 23.4 Å². The molecule has 0 aliphatic carbocycles. The highest BCUT2D eigenvalue weighted by atomic mass is 35.5. The number of hydrogen-bond donors (Lipinski definition) is 2. The molecule has 0 spiro atoms. The molecule has 4 nitrogen and oxygen atoms in total. The minimum absolute atomic E-state index is 0.0955. The van der Waals surface area contributed by atoms with E-state index in [1.807, 2.05) is 19.1 Å². The van der Waals surface area contributed by atoms with Gasteiger partial charge in [0, 0.05) is 22.5 Å². The molecular weight excluding hydrogens is 346 g/mol. The van der Waals surface area contributed by atoms with Crippen molar-refractivity contribution in [2.45, 2.75) is 13.8 Å². The third-order valence-electron chi connectivity index (χ3n) is 3.50. The van der Waals surface area contributed by atoms with E-state index in [9.17, 15) is 8.78 Å². The van der Waals surface area contributed by atoms with Crippen LogP contribution in [-0.2, 0) is 0 Å². The molecule has 0 amide bonds. The van der Waals surface area contributed by atoms with Crippen LogP contribution in [0.1, 0.15) is 11.3 Å². The summed E-state index contributed by atoms with van der Waals surface area (Å²) in [4.78, 5) is 8.44. The second-order valence-electron chi connectivity index (χ2n) is 5.52. The minimum Gasteiger partial charge on any atom is -0.340 e. The Kier molecular flexibility index (Phi) is 4.81. The first kappa shape index (κ1) is 17.1. The zero-order valence-electron chi connectivity index (χ0n) is 13.6. The lowest BCUT2D eigenvalue weighted by atomic mass is 10.2. The lowest BCUT2D eigenvalue weighted by molar-refractivity contribution is 0.590. The number of nitrogens with zero attached hydrogens (tertiary/aromatic N) is 2. The number of nitrogens with one attached hydrogen (secondary N) is 2. The fourth-order valence-electron chi connectivity index (χ4n) is 2.32. The number of rotatable bonds is 4. The Morgan fingerprint density at radius 2 is 1.64 bits per heavy atom. The average molecular weight is 361 g/mol. The molecule has 0 bridgehead atoms. The Labute approximate surface area is 148 Å². The van der Waals surface area contributed by atoms with Crippen molar-refractivity contribution in [1.82, 2.24) is 9.97 Å². The lowest BCUT2D eigenvalue weighted by Gasteiger charge is -2.12. The maximum absolute atomic E-state index is 13.8. The van der Waals surface area contributed by atoms with Gasteiger partial charge in [0.15, 0.2) is 0 Å². The number of para-hydroxylation sites is 1.